The van der Waals surface area contributed by atoms with E-state index in [1.54, 1.807) is 0 Å². The maximum atomic E-state index is 11.7. The Morgan fingerprint density at radius 1 is 0.389 bits per heavy atom. The van der Waals surface area contributed by atoms with Gasteiger partial charge in [0.1, 0.15) is 5.15 Å². The summed E-state index contributed by atoms with van der Waals surface area (Å²) in [5.41, 5.74) is 17.6. The fourth-order valence-corrected chi connectivity index (χ4v) is 7.85. The molecule has 10 aromatic rings. The first-order chi connectivity index (χ1) is 44.2. The molecule has 2 aromatic heterocycles. The number of nitrogens with two attached hydrogens (primary N) is 1. The lowest BCUT2D eigenvalue weighted by Crippen LogP contribution is -2.12. The summed E-state index contributed by atoms with van der Waals surface area (Å²) in [7, 11) is 0. The van der Waals surface area contributed by atoms with Crippen LogP contribution in [0.4, 0.5) is 11.4 Å². The second kappa shape index (κ2) is 64.1. The van der Waals surface area contributed by atoms with Crippen molar-refractivity contribution in [2.75, 3.05) is 11.1 Å². The second-order valence-electron chi connectivity index (χ2n) is 16.7. The monoisotopic (exact) mass is 1260 g/mol. The number of carbonyl (C=O) groups is 2. The predicted octanol–water partition coefficient (Wildman–Crippen LogP) is 25.0. The van der Waals surface area contributed by atoms with Crippen molar-refractivity contribution in [3.63, 3.8) is 0 Å². The quantitative estimate of drug-likeness (QED) is 0.0721. The molecule has 6 nitrogen and oxygen atoms in total. The zero-order valence-electron chi connectivity index (χ0n) is 58.6. The van der Waals surface area contributed by atoms with Crippen LogP contribution in [-0.4, -0.2) is 21.1 Å². The van der Waals surface area contributed by atoms with E-state index in [-0.39, 0.29) is 11.1 Å². The van der Waals surface area contributed by atoms with Crippen LogP contribution in [0.3, 0.4) is 0 Å². The smallest absolute Gasteiger partial charge is 0.224 e. The number of aromatic nitrogens is 2. The van der Waals surface area contributed by atoms with Crippen molar-refractivity contribution in [3.8, 4) is 0 Å². The minimum Gasteiger partial charge on any atom is -0.399 e. The lowest BCUT2D eigenvalue weighted by atomic mass is 10.0. The summed E-state index contributed by atoms with van der Waals surface area (Å²) in [5.74, 6) is 0.0556. The minimum atomic E-state index is -0.270. The molecule has 0 aliphatic rings. The van der Waals surface area contributed by atoms with Gasteiger partial charge in [-0.3, -0.25) is 14.6 Å². The summed E-state index contributed by atoms with van der Waals surface area (Å²) in [6, 6.07) is 80.6. The fourth-order valence-electron chi connectivity index (χ4n) is 7.54. The molecule has 8 heteroatoms. The summed E-state index contributed by atoms with van der Waals surface area (Å²) in [6.07, 6.45) is 5.21. The van der Waals surface area contributed by atoms with Gasteiger partial charge in [-0.2, -0.15) is 0 Å². The first-order valence-corrected chi connectivity index (χ1v) is 33.9. The number of pyridine rings is 2. The molecule has 0 radical (unpaired) electrons. The Morgan fingerprint density at radius 2 is 0.700 bits per heavy atom. The minimum absolute atomic E-state index is 0.0556. The summed E-state index contributed by atoms with van der Waals surface area (Å²) in [6.45, 7) is 38.2. The number of fused-ring (bicyclic) bond motifs is 2. The van der Waals surface area contributed by atoms with Crippen LogP contribution in [0.5, 0.6) is 0 Å². The van der Waals surface area contributed by atoms with Gasteiger partial charge in [0, 0.05) is 47.1 Å². The van der Waals surface area contributed by atoms with Gasteiger partial charge in [-0.05, 0) is 119 Å². The largest absolute Gasteiger partial charge is 0.399 e. The Balaban J connectivity index is -0.000000493. The third-order valence-electron chi connectivity index (χ3n) is 11.2. The van der Waals surface area contributed by atoms with Gasteiger partial charge >= 0.3 is 0 Å². The maximum Gasteiger partial charge on any atom is 0.224 e. The van der Waals surface area contributed by atoms with E-state index in [1.165, 1.54) is 33.3 Å². The molecule has 0 aliphatic heterocycles. The number of carbonyl (C=O) groups excluding carboxylic acids is 2. The third-order valence-corrected chi connectivity index (χ3v) is 11.8. The number of anilines is 2. The highest BCUT2D eigenvalue weighted by Gasteiger charge is 2.08. The average molecular weight is 1260 g/mol. The van der Waals surface area contributed by atoms with Crippen LogP contribution in [0, 0.1) is 0 Å². The topological polar surface area (TPSA) is 98.0 Å². The van der Waals surface area contributed by atoms with Crippen molar-refractivity contribution >= 4 is 67.5 Å². The van der Waals surface area contributed by atoms with Gasteiger partial charge in [-0.25, -0.2) is 4.98 Å². The molecule has 0 atom stereocenters. The number of hydrogen-bond acceptors (Lipinski definition) is 5. The van der Waals surface area contributed by atoms with Crippen LogP contribution in [-0.2, 0) is 41.7 Å². The highest BCUT2D eigenvalue weighted by atomic mass is 35.5. The number of rotatable bonds is 12. The van der Waals surface area contributed by atoms with Gasteiger partial charge in [0.25, 0.3) is 0 Å². The number of benzene rings is 8. The van der Waals surface area contributed by atoms with Crippen LogP contribution in [0.15, 0.2) is 243 Å². The van der Waals surface area contributed by atoms with Crippen molar-refractivity contribution in [2.45, 2.75) is 176 Å². The molecule has 0 spiro atoms. The molecule has 1 amide bonds. The van der Waals surface area contributed by atoms with Gasteiger partial charge in [0.2, 0.25) is 11.1 Å². The molecule has 0 unspecified atom stereocenters. The molecular formula is C82H114Cl2N4O2. The normalized spacial score (nSPS) is 8.72. The molecule has 0 saturated carbocycles. The molecule has 0 fully saturated rings. The van der Waals surface area contributed by atoms with E-state index in [1.807, 2.05) is 288 Å². The zero-order chi connectivity index (χ0) is 68.6. The van der Waals surface area contributed by atoms with Gasteiger partial charge in [-0.15, -0.1) is 0 Å². The molecule has 8 aromatic carbocycles. The Morgan fingerprint density at radius 3 is 1.07 bits per heavy atom. The molecule has 488 valence electrons. The molecule has 3 N–H and O–H groups in total. The standard InChI is InChI=1S/C18H17N.C16H12ClN.C15H15NO.C9H9ClO.C6H7N.9C2H6/c1-2-17-16(12-14-8-4-3-5-9-14)13-15-10-6-7-11-18(15)19-17;17-16-14(10-12-6-2-1-3-7-12)11-13-8-4-5-9-15(13)18-16;17-15(16-14-9-5-2-6-10-14)12-11-13-7-3-1-4-8-13;10-9(11)7-6-8-4-2-1-3-5-8;7-6-4-2-1-3-5-6;9*1-2/h3-11,13H,2,12H2,1H3;1-9,11H,10H2;1-10H,11-12H2,(H,16,17);1-5H,6-7H2;1-5H,7H2;9*1-2H3. The number of nitrogens with one attached hydrogen (secondary N) is 1. The van der Waals surface area contributed by atoms with E-state index >= 15 is 0 Å². The first-order valence-electron chi connectivity index (χ1n) is 33.1. The van der Waals surface area contributed by atoms with E-state index in [4.69, 9.17) is 33.9 Å². The molecule has 0 aliphatic carbocycles. The Labute approximate surface area is 558 Å². The number of aryl methyl sites for hydroxylation is 3. The number of hydrogen-bond donors (Lipinski definition) is 2. The Bertz CT molecular complexity index is 3150. The highest BCUT2D eigenvalue weighted by Crippen LogP contribution is 2.23. The van der Waals surface area contributed by atoms with Crippen LogP contribution in [0.2, 0.25) is 5.15 Å². The van der Waals surface area contributed by atoms with Crippen molar-refractivity contribution in [2.24, 2.45) is 0 Å². The van der Waals surface area contributed by atoms with Crippen molar-refractivity contribution in [1.29, 1.82) is 0 Å². The predicted molar refractivity (Wildman–Crippen MR) is 405 cm³/mol. The SMILES string of the molecule is CC.CC.CC.CC.CC.CC.CC.CC.CC.CCc1nc2ccccc2cc1Cc1ccccc1.Clc1nc2ccccc2cc1Cc1ccccc1.Nc1ccccc1.O=C(CCc1ccccc1)Nc1ccccc1.O=C(Cl)CCc1ccccc1. The Kier molecular flexibility index (Phi) is 63.0. The van der Waals surface area contributed by atoms with E-state index in [0.29, 0.717) is 18.0 Å². The molecule has 10 rings (SSSR count). The van der Waals surface area contributed by atoms with Crippen LogP contribution < -0.4 is 11.1 Å². The average Bonchev–Trinajstić information content (AvgIpc) is 0.994. The highest BCUT2D eigenvalue weighted by molar-refractivity contribution is 6.63. The van der Waals surface area contributed by atoms with Crippen molar-refractivity contribution in [1.82, 2.24) is 9.97 Å². The lowest BCUT2D eigenvalue weighted by Gasteiger charge is -2.09. The summed E-state index contributed by atoms with van der Waals surface area (Å²) in [5, 5.41) is 5.56. The van der Waals surface area contributed by atoms with E-state index < -0.39 is 0 Å². The van der Waals surface area contributed by atoms with Gasteiger partial charge < -0.3 is 11.1 Å². The zero-order valence-corrected chi connectivity index (χ0v) is 60.1. The van der Waals surface area contributed by atoms with Gasteiger partial charge in [0.15, 0.2) is 0 Å². The number of halogens is 2. The number of nitrogens with zero attached hydrogens (tertiary/aromatic N) is 2. The van der Waals surface area contributed by atoms with Gasteiger partial charge in [-0.1, -0.05) is 337 Å². The molecule has 90 heavy (non-hydrogen) atoms. The summed E-state index contributed by atoms with van der Waals surface area (Å²) < 4.78 is 0. The van der Waals surface area contributed by atoms with Crippen LogP contribution in [0.1, 0.15) is 183 Å². The summed E-state index contributed by atoms with van der Waals surface area (Å²) >= 11 is 11.4. The fraction of sp³-hybridized carbons (Fsp3) is 0.317. The van der Waals surface area contributed by atoms with Gasteiger partial charge in [0.05, 0.1) is 11.0 Å². The number of nitrogen functional groups attached to an aromatic ring is 1. The maximum absolute atomic E-state index is 11.7. The van der Waals surface area contributed by atoms with E-state index in [2.05, 4.69) is 96.1 Å². The molecule has 0 saturated heterocycles. The molecule has 0 bridgehead atoms. The van der Waals surface area contributed by atoms with Crippen molar-refractivity contribution < 1.29 is 9.59 Å². The first kappa shape index (κ1) is 88.5. The summed E-state index contributed by atoms with van der Waals surface area (Å²) in [4.78, 5) is 31.3. The number of amides is 1. The second-order valence-corrected chi connectivity index (χ2v) is 17.5. The molecule has 2 heterocycles. The number of para-hydroxylation sites is 4. The van der Waals surface area contributed by atoms with E-state index in [0.717, 1.165) is 71.0 Å². The van der Waals surface area contributed by atoms with Crippen molar-refractivity contribution in [3.05, 3.63) is 287 Å². The molecular weight excluding hydrogens is 1140 g/mol. The van der Waals surface area contributed by atoms with Crippen LogP contribution >= 0.6 is 23.2 Å². The lowest BCUT2D eigenvalue weighted by molar-refractivity contribution is -0.116. The van der Waals surface area contributed by atoms with Crippen LogP contribution in [0.25, 0.3) is 21.8 Å². The van der Waals surface area contributed by atoms with E-state index in [9.17, 15) is 9.59 Å². The third kappa shape index (κ3) is 41.3. The Hall–Kier alpha value is -7.90.